The summed E-state index contributed by atoms with van der Waals surface area (Å²) in [6.45, 7) is 6.17. The molecular formula is C16H26N4O6. The summed E-state index contributed by atoms with van der Waals surface area (Å²) >= 11 is 0. The van der Waals surface area contributed by atoms with Crippen LogP contribution in [0.5, 0.6) is 0 Å². The molecule has 1 unspecified atom stereocenters. The van der Waals surface area contributed by atoms with Gasteiger partial charge in [0.25, 0.3) is 0 Å². The number of nitrogens with one attached hydrogen (secondary N) is 1. The zero-order valence-electron chi connectivity index (χ0n) is 15.3. The van der Waals surface area contributed by atoms with Crippen molar-refractivity contribution in [1.29, 1.82) is 0 Å². The lowest BCUT2D eigenvalue weighted by Crippen LogP contribution is -2.51. The number of hydrogen-bond donors (Lipinski definition) is 3. The number of ether oxygens (including phenoxy) is 2. The largest absolute Gasteiger partial charge is 0.481 e. The first-order chi connectivity index (χ1) is 12.1. The Balaban J connectivity index is 2.16. The first kappa shape index (κ1) is 20.1. The highest BCUT2D eigenvalue weighted by atomic mass is 16.6. The molecule has 10 nitrogen and oxygen atoms in total. The summed E-state index contributed by atoms with van der Waals surface area (Å²) in [7, 11) is 0. The van der Waals surface area contributed by atoms with Gasteiger partial charge in [0, 0.05) is 32.5 Å². The lowest BCUT2D eigenvalue weighted by Gasteiger charge is -2.35. The molecule has 1 atom stereocenters. The van der Waals surface area contributed by atoms with E-state index in [-0.39, 0.29) is 24.6 Å². The number of carboxylic acid groups (broad SMARTS) is 1. The van der Waals surface area contributed by atoms with Crippen LogP contribution in [0.2, 0.25) is 0 Å². The summed E-state index contributed by atoms with van der Waals surface area (Å²) in [6, 6.07) is -0.689. The molecule has 1 aliphatic heterocycles. The average molecular weight is 370 g/mol. The number of nitrogens with zero attached hydrogens (tertiary/aromatic N) is 2. The van der Waals surface area contributed by atoms with E-state index in [0.717, 1.165) is 0 Å². The second-order valence-electron chi connectivity index (χ2n) is 7.32. The molecular weight excluding hydrogens is 344 g/mol. The van der Waals surface area contributed by atoms with Gasteiger partial charge in [-0.3, -0.25) is 4.79 Å². The van der Waals surface area contributed by atoms with Crippen LogP contribution in [0, 0.1) is 0 Å². The molecule has 10 heteroatoms. The van der Waals surface area contributed by atoms with Gasteiger partial charge in [-0.15, -0.1) is 0 Å². The van der Waals surface area contributed by atoms with Crippen LogP contribution >= 0.6 is 0 Å². The van der Waals surface area contributed by atoms with Crippen LogP contribution in [-0.4, -0.2) is 46.1 Å². The summed E-state index contributed by atoms with van der Waals surface area (Å²) < 4.78 is 15.9. The Morgan fingerprint density at radius 2 is 2.04 bits per heavy atom. The van der Waals surface area contributed by atoms with Gasteiger partial charge >= 0.3 is 12.1 Å². The summed E-state index contributed by atoms with van der Waals surface area (Å²) in [4.78, 5) is 27.3. The normalized spacial score (nSPS) is 18.2. The van der Waals surface area contributed by atoms with Crippen LogP contribution in [0.15, 0.2) is 4.52 Å². The van der Waals surface area contributed by atoms with Crippen LogP contribution in [0.4, 0.5) is 4.79 Å². The SMILES string of the molecule is CC(C)(C)OC(=O)NC1(c2noc(C(N)CCC(=O)O)n2)CCOCC1. The molecule has 26 heavy (non-hydrogen) atoms. The number of aliphatic carboxylic acids is 1. The van der Waals surface area contributed by atoms with Crippen molar-refractivity contribution in [3.8, 4) is 0 Å². The molecule has 0 aromatic carbocycles. The minimum absolute atomic E-state index is 0.103. The molecule has 146 valence electrons. The zero-order chi connectivity index (χ0) is 19.4. The van der Waals surface area contributed by atoms with Crippen molar-refractivity contribution in [2.75, 3.05) is 13.2 Å². The van der Waals surface area contributed by atoms with Gasteiger partial charge in [-0.1, -0.05) is 5.16 Å². The van der Waals surface area contributed by atoms with E-state index in [1.807, 2.05) is 0 Å². The Morgan fingerprint density at radius 1 is 1.38 bits per heavy atom. The van der Waals surface area contributed by atoms with Crippen molar-refractivity contribution in [1.82, 2.24) is 15.5 Å². The van der Waals surface area contributed by atoms with E-state index in [4.69, 9.17) is 24.8 Å². The van der Waals surface area contributed by atoms with Gasteiger partial charge in [0.2, 0.25) is 5.89 Å². The highest BCUT2D eigenvalue weighted by Crippen LogP contribution is 2.31. The molecule has 1 aromatic heterocycles. The number of carbonyl (C=O) groups excluding carboxylic acids is 1. The monoisotopic (exact) mass is 370 g/mol. The van der Waals surface area contributed by atoms with E-state index >= 15 is 0 Å². The van der Waals surface area contributed by atoms with Crippen LogP contribution in [0.25, 0.3) is 0 Å². The Morgan fingerprint density at radius 3 is 2.62 bits per heavy atom. The van der Waals surface area contributed by atoms with Crippen molar-refractivity contribution in [3.05, 3.63) is 11.7 Å². The summed E-state index contributed by atoms with van der Waals surface area (Å²) in [5, 5.41) is 15.6. The van der Waals surface area contributed by atoms with Crippen LogP contribution in [0.1, 0.15) is 64.2 Å². The van der Waals surface area contributed by atoms with Crippen LogP contribution < -0.4 is 11.1 Å². The third-order valence-electron chi connectivity index (χ3n) is 3.94. The van der Waals surface area contributed by atoms with Crippen molar-refractivity contribution < 1.29 is 28.7 Å². The average Bonchev–Trinajstić information content (AvgIpc) is 3.02. The topological polar surface area (TPSA) is 150 Å². The molecule has 0 aliphatic carbocycles. The molecule has 0 radical (unpaired) electrons. The molecule has 1 fully saturated rings. The molecule has 0 saturated carbocycles. The van der Waals surface area contributed by atoms with Gasteiger partial charge in [0.15, 0.2) is 5.82 Å². The fourth-order valence-electron chi connectivity index (χ4n) is 2.61. The third-order valence-corrected chi connectivity index (χ3v) is 3.94. The number of rotatable bonds is 6. The standard InChI is InChI=1S/C16H26N4O6/c1-15(2,3)25-14(23)19-16(6-8-24-9-7-16)13-18-12(26-20-13)10(17)4-5-11(21)22/h10H,4-9,17H2,1-3H3,(H,19,23)(H,21,22). The first-order valence-electron chi connectivity index (χ1n) is 8.52. The minimum Gasteiger partial charge on any atom is -0.481 e. The van der Waals surface area contributed by atoms with E-state index < -0.39 is 29.2 Å². The minimum atomic E-state index is -0.951. The number of hydrogen-bond acceptors (Lipinski definition) is 8. The third kappa shape index (κ3) is 5.40. The molecule has 1 amide bonds. The molecule has 0 spiro atoms. The fourth-order valence-corrected chi connectivity index (χ4v) is 2.61. The second kappa shape index (κ2) is 8.00. The summed E-state index contributed by atoms with van der Waals surface area (Å²) in [6.07, 6.45) is 0.395. The molecule has 2 rings (SSSR count). The lowest BCUT2D eigenvalue weighted by molar-refractivity contribution is -0.137. The van der Waals surface area contributed by atoms with Gasteiger partial charge in [-0.05, 0) is 27.2 Å². The number of aromatic nitrogens is 2. The van der Waals surface area contributed by atoms with Crippen molar-refractivity contribution >= 4 is 12.1 Å². The van der Waals surface area contributed by atoms with Crippen molar-refractivity contribution in [3.63, 3.8) is 0 Å². The molecule has 2 heterocycles. The highest BCUT2D eigenvalue weighted by molar-refractivity contribution is 5.69. The summed E-state index contributed by atoms with van der Waals surface area (Å²) in [5.41, 5.74) is 4.40. The maximum atomic E-state index is 12.3. The highest BCUT2D eigenvalue weighted by Gasteiger charge is 2.42. The number of nitrogens with two attached hydrogens (primary N) is 1. The Bertz CT molecular complexity index is 633. The molecule has 1 saturated heterocycles. The number of alkyl carbamates (subject to hydrolysis) is 1. The fraction of sp³-hybridized carbons (Fsp3) is 0.750. The second-order valence-corrected chi connectivity index (χ2v) is 7.32. The number of carbonyl (C=O) groups is 2. The van der Waals surface area contributed by atoms with Gasteiger partial charge in [-0.25, -0.2) is 4.79 Å². The lowest BCUT2D eigenvalue weighted by atomic mass is 9.89. The Kier molecular flexibility index (Phi) is 6.19. The first-order valence-corrected chi connectivity index (χ1v) is 8.52. The van der Waals surface area contributed by atoms with Crippen LogP contribution in [0.3, 0.4) is 0 Å². The van der Waals surface area contributed by atoms with E-state index in [0.29, 0.717) is 26.1 Å². The van der Waals surface area contributed by atoms with Gasteiger partial charge in [-0.2, -0.15) is 4.98 Å². The van der Waals surface area contributed by atoms with E-state index in [1.54, 1.807) is 20.8 Å². The van der Waals surface area contributed by atoms with Gasteiger partial charge in [0.05, 0.1) is 6.04 Å². The predicted molar refractivity (Wildman–Crippen MR) is 89.2 cm³/mol. The summed E-state index contributed by atoms with van der Waals surface area (Å²) in [5.74, 6) is -0.529. The van der Waals surface area contributed by atoms with E-state index in [9.17, 15) is 9.59 Å². The van der Waals surface area contributed by atoms with Gasteiger partial charge < -0.3 is 30.2 Å². The molecule has 1 aliphatic rings. The maximum absolute atomic E-state index is 12.3. The number of carboxylic acids is 1. The zero-order valence-corrected chi connectivity index (χ0v) is 15.3. The van der Waals surface area contributed by atoms with Crippen LogP contribution in [-0.2, 0) is 19.8 Å². The Labute approximate surface area is 151 Å². The Hall–Kier alpha value is -2.20. The number of amides is 1. The van der Waals surface area contributed by atoms with E-state index in [2.05, 4.69) is 15.5 Å². The smallest absolute Gasteiger partial charge is 0.408 e. The predicted octanol–water partition coefficient (Wildman–Crippen LogP) is 1.46. The molecule has 1 aromatic rings. The molecule has 4 N–H and O–H groups in total. The van der Waals surface area contributed by atoms with Crippen molar-refractivity contribution in [2.45, 2.75) is 63.6 Å². The van der Waals surface area contributed by atoms with Crippen molar-refractivity contribution in [2.24, 2.45) is 5.73 Å². The maximum Gasteiger partial charge on any atom is 0.408 e. The quantitative estimate of drug-likeness (QED) is 0.676. The van der Waals surface area contributed by atoms with Gasteiger partial charge in [0.1, 0.15) is 11.1 Å². The van der Waals surface area contributed by atoms with E-state index in [1.165, 1.54) is 0 Å². The molecule has 0 bridgehead atoms.